The third kappa shape index (κ3) is 4.22. The van der Waals surface area contributed by atoms with Crippen LogP contribution in [0.3, 0.4) is 0 Å². The molecule has 0 aliphatic rings. The van der Waals surface area contributed by atoms with Crippen LogP contribution in [0.25, 0.3) is 0 Å². The number of aliphatic carboxylic acids is 1. The average molecular weight is 239 g/mol. The third-order valence-electron chi connectivity index (χ3n) is 2.28. The van der Waals surface area contributed by atoms with Crippen molar-refractivity contribution in [3.8, 4) is 11.5 Å². The predicted molar refractivity (Wildman–Crippen MR) is 64.9 cm³/mol. The molecule has 0 atom stereocenters. The molecule has 2 N–H and O–H groups in total. The van der Waals surface area contributed by atoms with Gasteiger partial charge in [0.05, 0.1) is 14.2 Å². The number of carbonyl (C=O) groups is 1. The molecule has 0 unspecified atom stereocenters. The van der Waals surface area contributed by atoms with Gasteiger partial charge in [0.25, 0.3) is 0 Å². The number of nitrogens with one attached hydrogen (secondary N) is 1. The lowest BCUT2D eigenvalue weighted by atomic mass is 10.2. The Morgan fingerprint density at radius 3 is 2.59 bits per heavy atom. The van der Waals surface area contributed by atoms with E-state index in [9.17, 15) is 4.79 Å². The first-order valence-corrected chi connectivity index (χ1v) is 5.35. The van der Waals surface area contributed by atoms with Crippen molar-refractivity contribution in [1.82, 2.24) is 0 Å². The highest BCUT2D eigenvalue weighted by atomic mass is 16.5. The van der Waals surface area contributed by atoms with Gasteiger partial charge in [-0.05, 0) is 18.6 Å². The van der Waals surface area contributed by atoms with Crippen molar-refractivity contribution in [2.75, 3.05) is 26.1 Å². The van der Waals surface area contributed by atoms with Gasteiger partial charge in [-0.3, -0.25) is 4.79 Å². The third-order valence-corrected chi connectivity index (χ3v) is 2.28. The number of hydrogen-bond donors (Lipinski definition) is 2. The summed E-state index contributed by atoms with van der Waals surface area (Å²) < 4.78 is 10.3. The van der Waals surface area contributed by atoms with E-state index in [-0.39, 0.29) is 6.42 Å². The summed E-state index contributed by atoms with van der Waals surface area (Å²) in [4.78, 5) is 10.3. The monoisotopic (exact) mass is 239 g/mol. The number of carboxylic acid groups (broad SMARTS) is 1. The molecule has 0 aliphatic carbocycles. The molecule has 1 aromatic carbocycles. The molecule has 1 rings (SSSR count). The van der Waals surface area contributed by atoms with Crippen LogP contribution in [0.4, 0.5) is 5.69 Å². The van der Waals surface area contributed by atoms with Crippen LogP contribution in [0.1, 0.15) is 12.8 Å². The Morgan fingerprint density at radius 2 is 2.00 bits per heavy atom. The number of benzene rings is 1. The van der Waals surface area contributed by atoms with Crippen LogP contribution in [0.5, 0.6) is 11.5 Å². The van der Waals surface area contributed by atoms with Gasteiger partial charge in [0.1, 0.15) is 0 Å². The van der Waals surface area contributed by atoms with Crippen LogP contribution in [0.2, 0.25) is 0 Å². The van der Waals surface area contributed by atoms with E-state index in [1.54, 1.807) is 20.3 Å². The normalized spacial score (nSPS) is 9.76. The van der Waals surface area contributed by atoms with E-state index in [1.165, 1.54) is 0 Å². The Kier molecular flexibility index (Phi) is 5.13. The zero-order valence-electron chi connectivity index (χ0n) is 10.0. The quantitative estimate of drug-likeness (QED) is 0.712. The maximum Gasteiger partial charge on any atom is 0.303 e. The summed E-state index contributed by atoms with van der Waals surface area (Å²) in [6.45, 7) is 0.613. The van der Waals surface area contributed by atoms with Crippen LogP contribution in [0.15, 0.2) is 18.2 Å². The molecule has 0 aromatic heterocycles. The zero-order valence-corrected chi connectivity index (χ0v) is 10.0. The van der Waals surface area contributed by atoms with E-state index in [0.717, 1.165) is 5.69 Å². The van der Waals surface area contributed by atoms with E-state index >= 15 is 0 Å². The molecule has 1 aromatic rings. The molecular weight excluding hydrogens is 222 g/mol. The molecule has 5 nitrogen and oxygen atoms in total. The molecule has 94 valence electrons. The van der Waals surface area contributed by atoms with Crippen LogP contribution in [-0.4, -0.2) is 31.8 Å². The summed E-state index contributed by atoms with van der Waals surface area (Å²) >= 11 is 0. The van der Waals surface area contributed by atoms with Crippen molar-refractivity contribution in [3.63, 3.8) is 0 Å². The largest absolute Gasteiger partial charge is 0.493 e. The van der Waals surface area contributed by atoms with Gasteiger partial charge in [-0.15, -0.1) is 0 Å². The highest BCUT2D eigenvalue weighted by Crippen LogP contribution is 2.29. The van der Waals surface area contributed by atoms with Gasteiger partial charge in [-0.1, -0.05) is 0 Å². The van der Waals surface area contributed by atoms with Crippen molar-refractivity contribution >= 4 is 11.7 Å². The molecule has 0 saturated heterocycles. The summed E-state index contributed by atoms with van der Waals surface area (Å²) in [6.07, 6.45) is 0.754. The molecule has 0 spiro atoms. The van der Waals surface area contributed by atoms with Gasteiger partial charge in [0.2, 0.25) is 0 Å². The SMILES string of the molecule is COc1ccc(NCCCC(=O)O)cc1OC. The minimum Gasteiger partial charge on any atom is -0.493 e. The van der Waals surface area contributed by atoms with Crippen LogP contribution in [0, 0.1) is 0 Å². The highest BCUT2D eigenvalue weighted by molar-refractivity contribution is 5.66. The molecule has 0 heterocycles. The van der Waals surface area contributed by atoms with Crippen molar-refractivity contribution in [2.24, 2.45) is 0 Å². The maximum atomic E-state index is 10.3. The Bertz CT molecular complexity index is 379. The van der Waals surface area contributed by atoms with Crippen LogP contribution < -0.4 is 14.8 Å². The van der Waals surface area contributed by atoms with Crippen LogP contribution >= 0.6 is 0 Å². The first-order chi connectivity index (χ1) is 8.17. The summed E-state index contributed by atoms with van der Waals surface area (Å²) in [7, 11) is 3.16. The van der Waals surface area contributed by atoms with Crippen molar-refractivity contribution in [2.45, 2.75) is 12.8 Å². The van der Waals surface area contributed by atoms with Gasteiger partial charge in [-0.2, -0.15) is 0 Å². The Labute approximate surface area is 100 Å². The fourth-order valence-electron chi connectivity index (χ4n) is 1.42. The number of carboxylic acids is 1. The fourth-order valence-corrected chi connectivity index (χ4v) is 1.42. The van der Waals surface area contributed by atoms with Gasteiger partial charge < -0.3 is 19.9 Å². The summed E-state index contributed by atoms with van der Waals surface area (Å²) in [5.41, 5.74) is 0.882. The molecule has 0 aliphatic heterocycles. The van der Waals surface area contributed by atoms with E-state index in [0.29, 0.717) is 24.5 Å². The lowest BCUT2D eigenvalue weighted by Crippen LogP contribution is -2.05. The maximum absolute atomic E-state index is 10.3. The Morgan fingerprint density at radius 1 is 1.29 bits per heavy atom. The smallest absolute Gasteiger partial charge is 0.303 e. The first kappa shape index (κ1) is 13.2. The second kappa shape index (κ2) is 6.62. The summed E-state index contributed by atoms with van der Waals surface area (Å²) in [6, 6.07) is 5.49. The fraction of sp³-hybridized carbons (Fsp3) is 0.417. The molecule has 5 heteroatoms. The van der Waals surface area contributed by atoms with Gasteiger partial charge >= 0.3 is 5.97 Å². The first-order valence-electron chi connectivity index (χ1n) is 5.35. The molecule has 0 radical (unpaired) electrons. The highest BCUT2D eigenvalue weighted by Gasteiger charge is 2.04. The zero-order chi connectivity index (χ0) is 12.7. The van der Waals surface area contributed by atoms with E-state index in [2.05, 4.69) is 5.32 Å². The number of ether oxygens (including phenoxy) is 2. The van der Waals surface area contributed by atoms with E-state index in [1.807, 2.05) is 12.1 Å². The number of anilines is 1. The predicted octanol–water partition coefficient (Wildman–Crippen LogP) is 1.98. The van der Waals surface area contributed by atoms with Crippen molar-refractivity contribution in [3.05, 3.63) is 18.2 Å². The van der Waals surface area contributed by atoms with Gasteiger partial charge in [0, 0.05) is 24.7 Å². The number of hydrogen-bond acceptors (Lipinski definition) is 4. The van der Waals surface area contributed by atoms with Crippen molar-refractivity contribution in [1.29, 1.82) is 0 Å². The van der Waals surface area contributed by atoms with Crippen LogP contribution in [-0.2, 0) is 4.79 Å². The number of methoxy groups -OCH3 is 2. The average Bonchev–Trinajstić information content (AvgIpc) is 2.34. The van der Waals surface area contributed by atoms with Crippen molar-refractivity contribution < 1.29 is 19.4 Å². The lowest BCUT2D eigenvalue weighted by Gasteiger charge is -2.10. The lowest BCUT2D eigenvalue weighted by molar-refractivity contribution is -0.137. The minimum atomic E-state index is -0.779. The minimum absolute atomic E-state index is 0.167. The molecule has 0 saturated carbocycles. The molecule has 0 amide bonds. The molecule has 0 fully saturated rings. The summed E-state index contributed by atoms with van der Waals surface area (Å²) in [5, 5.41) is 11.6. The standard InChI is InChI=1S/C12H17NO4/c1-16-10-6-5-9(8-11(10)17-2)13-7-3-4-12(14)15/h5-6,8,13H,3-4,7H2,1-2H3,(H,14,15). The Balaban J connectivity index is 2.51. The van der Waals surface area contributed by atoms with Gasteiger partial charge in [-0.25, -0.2) is 0 Å². The molecular formula is C12H17NO4. The molecule has 17 heavy (non-hydrogen) atoms. The van der Waals surface area contributed by atoms with Gasteiger partial charge in [0.15, 0.2) is 11.5 Å². The second-order valence-corrected chi connectivity index (χ2v) is 3.49. The second-order valence-electron chi connectivity index (χ2n) is 3.49. The Hall–Kier alpha value is -1.91. The number of rotatable bonds is 7. The van der Waals surface area contributed by atoms with E-state index < -0.39 is 5.97 Å². The topological polar surface area (TPSA) is 67.8 Å². The van der Waals surface area contributed by atoms with E-state index in [4.69, 9.17) is 14.6 Å². The molecule has 0 bridgehead atoms. The summed E-state index contributed by atoms with van der Waals surface area (Å²) in [5.74, 6) is 0.540.